The van der Waals surface area contributed by atoms with Crippen LogP contribution in [-0.2, 0) is 0 Å². The van der Waals surface area contributed by atoms with Crippen LogP contribution < -0.4 is 0 Å². The summed E-state index contributed by atoms with van der Waals surface area (Å²) in [6.07, 6.45) is 0. The lowest BCUT2D eigenvalue weighted by molar-refractivity contribution is 2.20. The van der Waals surface area contributed by atoms with Crippen molar-refractivity contribution in [2.24, 2.45) is 0 Å². The molecule has 0 radical (unpaired) electrons. The van der Waals surface area contributed by atoms with Gasteiger partial charge in [-0.1, -0.05) is 0 Å². The van der Waals surface area contributed by atoms with E-state index in [2.05, 4.69) is 0 Å². The standard InChI is InChI=1S/CH2Cl2.BH3.H3P/c2-1-3;;/h1H2;2*1H3. The Hall–Kier alpha value is 1.07. The van der Waals surface area contributed by atoms with Crippen LogP contribution in [0.4, 0.5) is 0 Å². The lowest BCUT2D eigenvalue weighted by Crippen LogP contribution is -1.24. The lowest BCUT2D eigenvalue weighted by atomic mass is 10.8. The van der Waals surface area contributed by atoms with Crippen molar-refractivity contribution in [3.8, 4) is 0 Å². The maximum absolute atomic E-state index is 4.76. The molecular formula is CH8BCl2P. The zero-order chi connectivity index (χ0) is 2.71. The first kappa shape index (κ1) is 16.5. The molecule has 1 unspecified atom stereocenters. The molecular weight excluding hydrogens is 125 g/mol. The number of alkyl halides is 2. The second kappa shape index (κ2) is 19.6. The van der Waals surface area contributed by atoms with Crippen LogP contribution in [0.1, 0.15) is 0 Å². The third-order valence-electron chi connectivity index (χ3n) is 0. The van der Waals surface area contributed by atoms with Crippen LogP contribution in [0.2, 0.25) is 0 Å². The summed E-state index contributed by atoms with van der Waals surface area (Å²) in [6.45, 7) is 0. The van der Waals surface area contributed by atoms with Gasteiger partial charge >= 0.3 is 0 Å². The van der Waals surface area contributed by atoms with Gasteiger partial charge in [0.05, 0.1) is 13.8 Å². The Morgan fingerprint density at radius 1 is 1.20 bits per heavy atom. The molecule has 0 amide bonds. The van der Waals surface area contributed by atoms with Gasteiger partial charge < -0.3 is 0 Å². The molecule has 0 aliphatic heterocycles. The number of hydrogen-bond donors (Lipinski definition) is 0. The van der Waals surface area contributed by atoms with Gasteiger partial charge in [0.1, 0.15) is 0 Å². The van der Waals surface area contributed by atoms with Crippen molar-refractivity contribution in [1.29, 1.82) is 0 Å². The first-order valence-corrected chi connectivity index (χ1v) is 1.60. The summed E-state index contributed by atoms with van der Waals surface area (Å²) in [5, 5.41) is 0.194. The Kier molecular flexibility index (Phi) is 64.8. The fourth-order valence-electron chi connectivity index (χ4n) is 0. The highest BCUT2D eigenvalue weighted by atomic mass is 35.5. The van der Waals surface area contributed by atoms with Gasteiger partial charge in [-0.15, -0.1) is 23.2 Å². The summed E-state index contributed by atoms with van der Waals surface area (Å²) in [5.74, 6) is 0. The molecule has 0 aliphatic carbocycles. The zero-order valence-corrected chi connectivity index (χ0v) is 5.10. The molecule has 1 atom stereocenters. The molecule has 5 heavy (non-hydrogen) atoms. The highest BCUT2D eigenvalue weighted by molar-refractivity contribution is 6.92. The molecule has 0 aliphatic rings. The first-order valence-electron chi connectivity index (χ1n) is 0.535. The van der Waals surface area contributed by atoms with E-state index >= 15 is 0 Å². The maximum Gasteiger partial charge on any atom is 0.0967 e. The monoisotopic (exact) mass is 132 g/mol. The van der Waals surface area contributed by atoms with Crippen molar-refractivity contribution < 1.29 is 0 Å². The third-order valence-corrected chi connectivity index (χ3v) is 0. The predicted molar refractivity (Wildman–Crippen MR) is 37.6 cm³/mol. The minimum Gasteiger partial charge on any atom is -0.153 e. The SMILES string of the molecule is B.ClCCl.P. The van der Waals surface area contributed by atoms with E-state index in [9.17, 15) is 0 Å². The summed E-state index contributed by atoms with van der Waals surface area (Å²) >= 11 is 9.53. The Morgan fingerprint density at radius 2 is 1.20 bits per heavy atom. The predicted octanol–water partition coefficient (Wildman–Crippen LogP) is 0.296. The van der Waals surface area contributed by atoms with E-state index in [-0.39, 0.29) is 23.7 Å². The maximum atomic E-state index is 4.76. The van der Waals surface area contributed by atoms with Gasteiger partial charge in [-0.05, 0) is 0 Å². The number of rotatable bonds is 0. The van der Waals surface area contributed by atoms with Crippen molar-refractivity contribution in [3.05, 3.63) is 0 Å². The average Bonchev–Trinajstić information content (AvgIpc) is 0.918. The summed E-state index contributed by atoms with van der Waals surface area (Å²) in [7, 11) is 0. The molecule has 0 rings (SSSR count). The van der Waals surface area contributed by atoms with Gasteiger partial charge in [0.25, 0.3) is 0 Å². The molecule has 34 valence electrons. The molecule has 0 fully saturated rings. The van der Waals surface area contributed by atoms with E-state index in [0.717, 1.165) is 0 Å². The Balaban J connectivity index is -0.0000000200. The van der Waals surface area contributed by atoms with Gasteiger partial charge in [-0.25, -0.2) is 0 Å². The highest BCUT2D eigenvalue weighted by Crippen LogP contribution is 1.73. The fourth-order valence-corrected chi connectivity index (χ4v) is 0. The molecule has 0 nitrogen and oxygen atoms in total. The molecule has 0 spiro atoms. The second-order valence-corrected chi connectivity index (χ2v) is 0.909. The normalized spacial score (nSPS) is 3.60. The quantitative estimate of drug-likeness (QED) is 0.253. The third kappa shape index (κ3) is 41.5. The van der Waals surface area contributed by atoms with Crippen LogP contribution in [0.25, 0.3) is 0 Å². The smallest absolute Gasteiger partial charge is 0.0967 e. The van der Waals surface area contributed by atoms with Crippen molar-refractivity contribution in [2.75, 3.05) is 5.34 Å². The molecule has 0 heterocycles. The van der Waals surface area contributed by atoms with Gasteiger partial charge in [-0.2, -0.15) is 9.90 Å². The highest BCUT2D eigenvalue weighted by Gasteiger charge is 1.41. The van der Waals surface area contributed by atoms with E-state index in [0.29, 0.717) is 0 Å². The average molecular weight is 133 g/mol. The summed E-state index contributed by atoms with van der Waals surface area (Å²) < 4.78 is 0. The summed E-state index contributed by atoms with van der Waals surface area (Å²) in [5.41, 5.74) is 0. The van der Waals surface area contributed by atoms with Crippen LogP contribution in [0.15, 0.2) is 0 Å². The molecule has 0 aromatic carbocycles. The van der Waals surface area contributed by atoms with E-state index in [1.165, 1.54) is 0 Å². The van der Waals surface area contributed by atoms with Crippen LogP contribution in [0.5, 0.6) is 0 Å². The molecule has 0 saturated carbocycles. The number of halogens is 2. The summed E-state index contributed by atoms with van der Waals surface area (Å²) in [6, 6.07) is 0. The van der Waals surface area contributed by atoms with E-state index in [1.54, 1.807) is 0 Å². The molecule has 0 saturated heterocycles. The van der Waals surface area contributed by atoms with Crippen molar-refractivity contribution in [3.63, 3.8) is 0 Å². The van der Waals surface area contributed by atoms with Gasteiger partial charge in [-0.3, -0.25) is 0 Å². The molecule has 4 heteroatoms. The van der Waals surface area contributed by atoms with Crippen molar-refractivity contribution >= 4 is 41.5 Å². The van der Waals surface area contributed by atoms with E-state index < -0.39 is 0 Å². The fraction of sp³-hybridized carbons (Fsp3) is 1.00. The van der Waals surface area contributed by atoms with E-state index in [4.69, 9.17) is 23.2 Å². The molecule has 0 bridgehead atoms. The molecule has 0 N–H and O–H groups in total. The Bertz CT molecular complexity index is 9.61. The van der Waals surface area contributed by atoms with Crippen LogP contribution in [-0.4, -0.2) is 13.8 Å². The lowest BCUT2D eigenvalue weighted by Gasteiger charge is -1.42. The second-order valence-electron chi connectivity index (χ2n) is 0.101. The number of hydrogen-bond acceptors (Lipinski definition) is 0. The largest absolute Gasteiger partial charge is 0.153 e. The van der Waals surface area contributed by atoms with Crippen molar-refractivity contribution in [2.45, 2.75) is 0 Å². The van der Waals surface area contributed by atoms with Crippen LogP contribution in [0, 0.1) is 0 Å². The zero-order valence-electron chi connectivity index (χ0n) is 2.17. The van der Waals surface area contributed by atoms with Gasteiger partial charge in [0.2, 0.25) is 0 Å². The molecule has 0 aromatic heterocycles. The van der Waals surface area contributed by atoms with Crippen LogP contribution >= 0.6 is 33.1 Å². The topological polar surface area (TPSA) is 0 Å². The Morgan fingerprint density at radius 3 is 1.20 bits per heavy atom. The molecule has 0 aromatic rings. The first-order chi connectivity index (χ1) is 1.41. The Labute approximate surface area is 47.4 Å². The van der Waals surface area contributed by atoms with Gasteiger partial charge in [0.15, 0.2) is 0 Å². The van der Waals surface area contributed by atoms with Crippen LogP contribution in [0.3, 0.4) is 0 Å². The summed E-state index contributed by atoms with van der Waals surface area (Å²) in [4.78, 5) is 0. The van der Waals surface area contributed by atoms with Gasteiger partial charge in [0, 0.05) is 0 Å². The minimum atomic E-state index is 0. The minimum absolute atomic E-state index is 0. The van der Waals surface area contributed by atoms with E-state index in [1.807, 2.05) is 0 Å². The van der Waals surface area contributed by atoms with Crippen molar-refractivity contribution in [1.82, 2.24) is 0 Å².